The van der Waals surface area contributed by atoms with Crippen LogP contribution in [0.4, 0.5) is 4.39 Å². The first-order chi connectivity index (χ1) is 13.1. The standard InChI is InChI=1S/C19H25FN6O/c20-15-3-1-13(2-4-15)9-22-19(27)18-12-25-6-5-14(18)7-17(25)11-26-10-16(8-21)23-24-26/h1-4,10,14,17-18H,5-9,11-12,21H2,(H,22,27)/p+2/t14-,17-,18+/m1/s1. The second-order valence-electron chi connectivity index (χ2n) is 7.73. The first-order valence-electron chi connectivity index (χ1n) is 9.67. The van der Waals surface area contributed by atoms with E-state index in [-0.39, 0.29) is 17.6 Å². The van der Waals surface area contributed by atoms with Crippen molar-refractivity contribution in [2.45, 2.75) is 38.5 Å². The lowest BCUT2D eigenvalue weighted by molar-refractivity contribution is -0.945. The summed E-state index contributed by atoms with van der Waals surface area (Å²) < 4.78 is 14.9. The molecule has 4 heterocycles. The van der Waals surface area contributed by atoms with Crippen LogP contribution in [0.15, 0.2) is 30.5 Å². The molecule has 1 unspecified atom stereocenters. The molecule has 5 rings (SSSR count). The zero-order valence-electron chi connectivity index (χ0n) is 15.4. The summed E-state index contributed by atoms with van der Waals surface area (Å²) in [5, 5.41) is 11.4. The number of nitrogens with one attached hydrogen (secondary N) is 2. The topological polar surface area (TPSA) is 91.9 Å². The van der Waals surface area contributed by atoms with E-state index in [1.165, 1.54) is 17.0 Å². The molecule has 2 aromatic rings. The summed E-state index contributed by atoms with van der Waals surface area (Å²) in [6, 6.07) is 6.77. The third kappa shape index (κ3) is 4.01. The molecule has 27 heavy (non-hydrogen) atoms. The maximum Gasteiger partial charge on any atom is 0.229 e. The average Bonchev–Trinajstić information content (AvgIpc) is 3.15. The number of hydrogen-bond donors (Lipinski definition) is 3. The van der Waals surface area contributed by atoms with Crippen LogP contribution in [-0.4, -0.2) is 40.0 Å². The van der Waals surface area contributed by atoms with Crippen LogP contribution in [0.1, 0.15) is 24.1 Å². The molecule has 4 atom stereocenters. The first kappa shape index (κ1) is 18.1. The molecule has 0 saturated carbocycles. The Hall–Kier alpha value is -2.32. The number of nitrogens with zero attached hydrogens (tertiary/aromatic N) is 3. The fourth-order valence-electron chi connectivity index (χ4n) is 4.51. The number of halogens is 1. The first-order valence-corrected chi connectivity index (χ1v) is 9.67. The van der Waals surface area contributed by atoms with Crippen molar-refractivity contribution in [2.75, 3.05) is 13.1 Å². The minimum absolute atomic E-state index is 0.0663. The van der Waals surface area contributed by atoms with E-state index in [0.717, 1.165) is 43.7 Å². The zero-order chi connectivity index (χ0) is 18.8. The highest BCUT2D eigenvalue weighted by Crippen LogP contribution is 2.27. The lowest BCUT2D eigenvalue weighted by Crippen LogP contribution is -3.20. The molecule has 3 aliphatic heterocycles. The van der Waals surface area contributed by atoms with E-state index in [0.29, 0.717) is 25.0 Å². The Morgan fingerprint density at radius 3 is 2.85 bits per heavy atom. The van der Waals surface area contributed by atoms with Crippen molar-refractivity contribution in [1.29, 1.82) is 0 Å². The van der Waals surface area contributed by atoms with Crippen molar-refractivity contribution >= 4 is 5.91 Å². The molecule has 3 aliphatic rings. The van der Waals surface area contributed by atoms with E-state index < -0.39 is 0 Å². The van der Waals surface area contributed by atoms with Crippen molar-refractivity contribution < 1.29 is 19.8 Å². The van der Waals surface area contributed by atoms with Crippen molar-refractivity contribution in [2.24, 2.45) is 11.8 Å². The molecule has 8 heteroatoms. The molecule has 2 bridgehead atoms. The van der Waals surface area contributed by atoms with Crippen LogP contribution in [0.5, 0.6) is 0 Å². The number of aromatic nitrogens is 3. The Labute approximate surface area is 157 Å². The van der Waals surface area contributed by atoms with Gasteiger partial charge in [0.2, 0.25) is 5.91 Å². The normalized spacial score (nSPS) is 26.9. The summed E-state index contributed by atoms with van der Waals surface area (Å²) >= 11 is 0. The number of carbonyl (C=O) groups is 1. The molecule has 1 amide bonds. The monoisotopic (exact) mass is 374 g/mol. The summed E-state index contributed by atoms with van der Waals surface area (Å²) in [5.74, 6) is 0.361. The van der Waals surface area contributed by atoms with Crippen molar-refractivity contribution in [3.05, 3.63) is 47.5 Å². The van der Waals surface area contributed by atoms with Crippen LogP contribution in [0, 0.1) is 17.7 Å². The maximum absolute atomic E-state index is 13.0. The van der Waals surface area contributed by atoms with Gasteiger partial charge in [-0.3, -0.25) is 4.79 Å². The summed E-state index contributed by atoms with van der Waals surface area (Å²) in [6.45, 7) is 3.95. The van der Waals surface area contributed by atoms with Gasteiger partial charge in [-0.15, -0.1) is 5.10 Å². The van der Waals surface area contributed by atoms with Gasteiger partial charge >= 0.3 is 0 Å². The van der Waals surface area contributed by atoms with Crippen molar-refractivity contribution in [1.82, 2.24) is 20.3 Å². The van der Waals surface area contributed by atoms with Crippen LogP contribution in [0.2, 0.25) is 0 Å². The Morgan fingerprint density at radius 2 is 2.19 bits per heavy atom. The SMILES string of the molecule is [NH3+]Cc1cn(C[C@H]2C[C@H]3CC[NH+]2C[C@@H]3C(=O)NCc2ccc(F)cc2)nn1. The fraction of sp³-hybridized carbons (Fsp3) is 0.526. The molecular formula is C19H27FN6O+2. The van der Waals surface area contributed by atoms with Crippen LogP contribution in [-0.2, 0) is 24.4 Å². The number of carbonyl (C=O) groups excluding carboxylic acids is 1. The third-order valence-corrected chi connectivity index (χ3v) is 6.02. The predicted octanol–water partition coefficient (Wildman–Crippen LogP) is -1.23. The Kier molecular flexibility index (Phi) is 5.18. The molecule has 1 aromatic carbocycles. The number of benzene rings is 1. The van der Waals surface area contributed by atoms with E-state index in [1.54, 1.807) is 12.1 Å². The van der Waals surface area contributed by atoms with Gasteiger partial charge in [-0.25, -0.2) is 9.07 Å². The molecule has 0 radical (unpaired) electrons. The van der Waals surface area contributed by atoms with Gasteiger partial charge in [0, 0.05) is 19.4 Å². The molecule has 3 saturated heterocycles. The number of fused-ring (bicyclic) bond motifs is 3. The van der Waals surface area contributed by atoms with Gasteiger partial charge < -0.3 is 16.0 Å². The maximum atomic E-state index is 13.0. The van der Waals surface area contributed by atoms with Gasteiger partial charge in [-0.1, -0.05) is 17.3 Å². The van der Waals surface area contributed by atoms with Gasteiger partial charge in [0.15, 0.2) is 0 Å². The molecule has 3 fully saturated rings. The second kappa shape index (κ2) is 7.74. The smallest absolute Gasteiger partial charge is 0.229 e. The van der Waals surface area contributed by atoms with E-state index in [2.05, 4.69) is 21.4 Å². The van der Waals surface area contributed by atoms with Crippen molar-refractivity contribution in [3.63, 3.8) is 0 Å². The van der Waals surface area contributed by atoms with Gasteiger partial charge in [-0.05, 0) is 23.6 Å². The average molecular weight is 374 g/mol. The summed E-state index contributed by atoms with van der Waals surface area (Å²) in [7, 11) is 0. The van der Waals surface area contributed by atoms with E-state index >= 15 is 0 Å². The second-order valence-corrected chi connectivity index (χ2v) is 7.73. The Morgan fingerprint density at radius 1 is 1.37 bits per heavy atom. The number of piperidine rings is 3. The fourth-order valence-corrected chi connectivity index (χ4v) is 4.51. The Balaban J connectivity index is 1.32. The molecule has 0 aliphatic carbocycles. The van der Waals surface area contributed by atoms with Gasteiger partial charge in [0.25, 0.3) is 0 Å². The third-order valence-electron chi connectivity index (χ3n) is 6.02. The number of amides is 1. The van der Waals surface area contributed by atoms with Crippen LogP contribution < -0.4 is 16.0 Å². The Bertz CT molecular complexity index is 792. The minimum atomic E-state index is -0.258. The number of rotatable bonds is 6. The minimum Gasteiger partial charge on any atom is -0.352 e. The van der Waals surface area contributed by atoms with E-state index in [1.807, 2.05) is 10.9 Å². The van der Waals surface area contributed by atoms with Gasteiger partial charge in [-0.2, -0.15) is 0 Å². The lowest BCUT2D eigenvalue weighted by atomic mass is 9.75. The van der Waals surface area contributed by atoms with Crippen LogP contribution >= 0.6 is 0 Å². The molecule has 144 valence electrons. The zero-order valence-corrected chi connectivity index (χ0v) is 15.4. The largest absolute Gasteiger partial charge is 0.352 e. The lowest BCUT2D eigenvalue weighted by Gasteiger charge is -2.46. The summed E-state index contributed by atoms with van der Waals surface area (Å²) in [6.07, 6.45) is 4.12. The molecule has 5 N–H and O–H groups in total. The van der Waals surface area contributed by atoms with E-state index in [4.69, 9.17) is 0 Å². The molecule has 0 spiro atoms. The van der Waals surface area contributed by atoms with Crippen LogP contribution in [0.25, 0.3) is 0 Å². The van der Waals surface area contributed by atoms with Crippen molar-refractivity contribution in [3.8, 4) is 0 Å². The molecular weight excluding hydrogens is 347 g/mol. The summed E-state index contributed by atoms with van der Waals surface area (Å²) in [4.78, 5) is 14.2. The highest BCUT2D eigenvalue weighted by molar-refractivity contribution is 5.79. The van der Waals surface area contributed by atoms with Gasteiger partial charge in [0.1, 0.15) is 24.1 Å². The number of hydrogen-bond acceptors (Lipinski definition) is 3. The molecule has 7 nitrogen and oxygen atoms in total. The summed E-state index contributed by atoms with van der Waals surface area (Å²) in [5.41, 5.74) is 5.68. The van der Waals surface area contributed by atoms with E-state index in [9.17, 15) is 9.18 Å². The highest BCUT2D eigenvalue weighted by Gasteiger charge is 2.46. The molecule has 1 aromatic heterocycles. The quantitative estimate of drug-likeness (QED) is 0.591. The predicted molar refractivity (Wildman–Crippen MR) is 95.6 cm³/mol. The van der Waals surface area contributed by atoms with Gasteiger partial charge in [0.05, 0.1) is 31.7 Å². The van der Waals surface area contributed by atoms with Crippen LogP contribution in [0.3, 0.4) is 0 Å². The number of quaternary nitrogens is 2. The highest BCUT2D eigenvalue weighted by atomic mass is 19.1.